The fraction of sp³-hybridized carbons (Fsp3) is 0.0345. The number of carbonyl (C=O) groups excluding carboxylic acids is 1. The summed E-state index contributed by atoms with van der Waals surface area (Å²) in [4.78, 5) is 18.2. The van der Waals surface area contributed by atoms with E-state index in [0.29, 0.717) is 20.9 Å². The van der Waals surface area contributed by atoms with Crippen molar-refractivity contribution in [2.24, 2.45) is 0 Å². The minimum atomic E-state index is -5.03. The van der Waals surface area contributed by atoms with Crippen LogP contribution in [0, 0.1) is 10.2 Å². The Labute approximate surface area is 232 Å². The second kappa shape index (κ2) is 10.6. The Hall–Kier alpha value is -3.46. The van der Waals surface area contributed by atoms with Gasteiger partial charge in [-0.05, 0) is 0 Å². The van der Waals surface area contributed by atoms with Crippen LogP contribution in [-0.2, 0) is 4.08 Å². The zero-order chi connectivity index (χ0) is 27.5. The van der Waals surface area contributed by atoms with Crippen molar-refractivity contribution in [3.8, 4) is 10.6 Å². The van der Waals surface area contributed by atoms with Gasteiger partial charge in [-0.3, -0.25) is 0 Å². The van der Waals surface area contributed by atoms with Gasteiger partial charge in [0, 0.05) is 0 Å². The molecule has 5 rings (SSSR count). The maximum absolute atomic E-state index is 13.5. The molecule has 0 spiro atoms. The molecule has 1 N–H and O–H groups in total. The zero-order valence-electron chi connectivity index (χ0n) is 20.8. The first kappa shape index (κ1) is 27.1. The normalized spacial score (nSPS) is 12.9. The number of benzene rings is 4. The summed E-state index contributed by atoms with van der Waals surface area (Å²) in [7, 11) is -3.56. The van der Waals surface area contributed by atoms with Crippen LogP contribution in [0.4, 0.5) is 0 Å². The summed E-state index contributed by atoms with van der Waals surface area (Å²) in [6, 6.07) is 35.5. The third kappa shape index (κ3) is 4.56. The summed E-state index contributed by atoms with van der Waals surface area (Å²) in [6.45, 7) is -4.98. The van der Waals surface area contributed by atoms with E-state index in [2.05, 4.69) is 5.32 Å². The molecule has 39 heavy (non-hydrogen) atoms. The Morgan fingerprint density at radius 1 is 0.744 bits per heavy atom. The van der Waals surface area contributed by atoms with Crippen LogP contribution in [0.15, 0.2) is 121 Å². The molecule has 0 atom stereocenters. The molecule has 0 aliphatic rings. The summed E-state index contributed by atoms with van der Waals surface area (Å²) in [5, 5.41) is 4.41. The number of carbonyl (C=O) groups is 1. The van der Waals surface area contributed by atoms with Crippen LogP contribution in [0.5, 0.6) is 0 Å². The summed E-state index contributed by atoms with van der Waals surface area (Å²) in [5.74, 6) is -0.538. The molecular weight excluding hydrogens is 555 g/mol. The van der Waals surface area contributed by atoms with E-state index in [0.717, 1.165) is 16.9 Å². The molecule has 0 radical (unpaired) electrons. The van der Waals surface area contributed by atoms with E-state index in [1.807, 2.05) is 30.3 Å². The number of rotatable bonds is 8. The van der Waals surface area contributed by atoms with Crippen LogP contribution < -0.4 is 39.8 Å². The molecule has 1 aromatic heterocycles. The molecule has 4 aromatic carbocycles. The number of hydrogen-bond acceptors (Lipinski definition) is 7. The molecule has 0 saturated heterocycles. The molecule has 0 aliphatic heterocycles. The van der Waals surface area contributed by atoms with Gasteiger partial charge >= 0.3 is 233 Å². The number of nitrogens with one attached hydrogen (secondary N) is 1. The molecule has 0 unspecified atom stereocenters. The van der Waals surface area contributed by atoms with Gasteiger partial charge in [0.1, 0.15) is 0 Å². The van der Waals surface area contributed by atoms with Gasteiger partial charge in [0.25, 0.3) is 0 Å². The Kier molecular flexibility index (Phi) is 7.37. The summed E-state index contributed by atoms with van der Waals surface area (Å²) < 4.78 is 44.9. The molecule has 5 aromatic rings. The molecule has 198 valence electrons. The molecule has 0 saturated carbocycles. The van der Waals surface area contributed by atoms with E-state index in [4.69, 9.17) is 9.06 Å². The maximum atomic E-state index is 13.5. The Balaban J connectivity index is 2.08. The first-order chi connectivity index (χ1) is 18.8. The zero-order valence-corrected chi connectivity index (χ0v) is 23.2. The molecule has 7 nitrogen and oxygen atoms in total. The second-order valence-corrected chi connectivity index (χ2v) is 15.3. The van der Waals surface area contributed by atoms with Crippen LogP contribution >= 0.6 is 18.2 Å². The van der Waals surface area contributed by atoms with Gasteiger partial charge in [-0.25, -0.2) is 0 Å². The Morgan fingerprint density at radius 3 is 1.54 bits per heavy atom. The first-order valence-corrected chi connectivity index (χ1v) is 16.1. The average Bonchev–Trinajstić information content (AvgIpc) is 3.44. The van der Waals surface area contributed by atoms with Crippen LogP contribution in [0.25, 0.3) is 10.6 Å². The van der Waals surface area contributed by atoms with E-state index < -0.39 is 23.0 Å². The van der Waals surface area contributed by atoms with Crippen molar-refractivity contribution >= 4 is 44.6 Å². The molecule has 0 aliphatic carbocycles. The number of thiazole rings is 1. The van der Waals surface area contributed by atoms with Crippen molar-refractivity contribution in [2.75, 3.05) is 7.05 Å². The predicted octanol–water partition coefficient (Wildman–Crippen LogP) is 1.15. The average molecular weight is 579 g/mol. The number of aromatic nitrogens is 1. The second-order valence-electron chi connectivity index (χ2n) is 8.61. The van der Waals surface area contributed by atoms with Gasteiger partial charge < -0.3 is 0 Å². The van der Waals surface area contributed by atoms with Crippen LogP contribution in [0.2, 0.25) is 0 Å². The monoisotopic (exact) mass is 578 g/mol. The Bertz CT molecular complexity index is 1480. The van der Waals surface area contributed by atoms with Crippen LogP contribution in [-0.4, -0.2) is 17.9 Å². The van der Waals surface area contributed by atoms with E-state index in [1.165, 1.54) is 7.05 Å². The van der Waals surface area contributed by atoms with Crippen molar-refractivity contribution in [1.82, 2.24) is 10.3 Å². The number of hydrogen-bond donors (Lipinski definition) is 1. The van der Waals surface area contributed by atoms with Crippen molar-refractivity contribution in [3.63, 3.8) is 0 Å². The van der Waals surface area contributed by atoms with Gasteiger partial charge in [0.15, 0.2) is 0 Å². The fourth-order valence-electron chi connectivity index (χ4n) is 4.83. The molecule has 1 heterocycles. The van der Waals surface area contributed by atoms with Gasteiger partial charge in [-0.2, -0.15) is 0 Å². The summed E-state index contributed by atoms with van der Waals surface area (Å²) in [6.07, 6.45) is 0. The molecule has 10 heteroatoms. The van der Waals surface area contributed by atoms with Gasteiger partial charge in [0.2, 0.25) is 0 Å². The van der Waals surface area contributed by atoms with Gasteiger partial charge in [-0.1, -0.05) is 0 Å². The van der Waals surface area contributed by atoms with Crippen LogP contribution in [0.3, 0.4) is 0 Å². The molecule has 0 bridgehead atoms. The third-order valence-electron chi connectivity index (χ3n) is 6.43. The van der Waals surface area contributed by atoms with Crippen molar-refractivity contribution in [3.05, 3.63) is 127 Å². The van der Waals surface area contributed by atoms with Crippen molar-refractivity contribution in [1.29, 1.82) is 0 Å². The predicted molar refractivity (Wildman–Crippen MR) is 147 cm³/mol. The number of nitrogens with zero attached hydrogens (tertiary/aromatic N) is 1. The summed E-state index contributed by atoms with van der Waals surface area (Å²) in [5.41, 5.74) is 0.710. The Morgan fingerprint density at radius 2 is 1.15 bits per heavy atom. The van der Waals surface area contributed by atoms with Crippen molar-refractivity contribution < 1.29 is 33.1 Å². The number of amides is 1. The van der Waals surface area contributed by atoms with Gasteiger partial charge in [0.05, 0.1) is 0 Å². The topological polar surface area (TPSA) is 120 Å². The van der Waals surface area contributed by atoms with Crippen molar-refractivity contribution in [2.45, 2.75) is 0 Å². The SMILES string of the molecule is CNC(=O)c1nc(-c2ccccc2)sc1P(O[Cl+3]([O-])([O-])[O-])(c1ccccc1)(c1ccccc1)c1ccccc1. The number of halogens is 1. The van der Waals surface area contributed by atoms with E-state index in [-0.39, 0.29) is 10.3 Å². The molecular formula is C29H24ClN2O5PS. The minimum absolute atomic E-state index is 0.0190. The van der Waals surface area contributed by atoms with E-state index >= 15 is 0 Å². The molecule has 0 fully saturated rings. The van der Waals surface area contributed by atoms with Crippen LogP contribution in [0.1, 0.15) is 10.5 Å². The first-order valence-electron chi connectivity index (χ1n) is 11.9. The molecule has 1 amide bonds. The third-order valence-corrected chi connectivity index (χ3v) is 15.3. The van der Waals surface area contributed by atoms with E-state index in [9.17, 15) is 18.8 Å². The quantitative estimate of drug-likeness (QED) is 0.276. The van der Waals surface area contributed by atoms with E-state index in [1.54, 1.807) is 91.0 Å². The summed E-state index contributed by atoms with van der Waals surface area (Å²) >= 11 is 1.14. The van der Waals surface area contributed by atoms with Gasteiger partial charge in [-0.15, -0.1) is 0 Å². The standard InChI is InChI=1S/C29H24ClN2O5PS/c1-31-27(33)26-29(39-28(32-26)22-14-6-2-7-15-22)38(37-30(34,35)36,23-16-8-3-9-17-23,24-18-10-4-11-19-24)25-20-12-5-13-21-25/h2-21H,1H3,(H,31,33). The fourth-order valence-corrected chi connectivity index (χ4v) is 14.7.